The minimum absolute atomic E-state index is 0.0501. The zero-order valence-electron chi connectivity index (χ0n) is 19.1. The van der Waals surface area contributed by atoms with Crippen LogP contribution in [-0.2, 0) is 9.53 Å². The molecule has 1 unspecified atom stereocenters. The highest BCUT2D eigenvalue weighted by molar-refractivity contribution is 9.10. The second kappa shape index (κ2) is 10.7. The number of rotatable bonds is 8. The molecule has 0 aliphatic heterocycles. The van der Waals surface area contributed by atoms with Crippen molar-refractivity contribution in [2.75, 3.05) is 18.5 Å². The van der Waals surface area contributed by atoms with Crippen LogP contribution in [0.3, 0.4) is 0 Å². The fraction of sp³-hybridized carbons (Fsp3) is 0.222. The second-order valence-corrected chi connectivity index (χ2v) is 9.47. The van der Waals surface area contributed by atoms with Crippen LogP contribution in [0.15, 0.2) is 71.2 Å². The van der Waals surface area contributed by atoms with E-state index in [1.54, 1.807) is 25.1 Å². The van der Waals surface area contributed by atoms with Crippen LogP contribution in [0.2, 0.25) is 0 Å². The summed E-state index contributed by atoms with van der Waals surface area (Å²) in [5.74, 6) is -1.64. The third-order valence-electron chi connectivity index (χ3n) is 5.94. The van der Waals surface area contributed by atoms with Gasteiger partial charge in [-0.25, -0.2) is 4.79 Å². The standard InChI is InChI=1S/C27H25BrN2O5/c1-16(12-25(31)32)14-29-26(33)22-11-10-17(28)13-24(22)30-27(34)35-15-23-20-8-4-2-6-18(20)19-7-3-5-9-21(19)23/h2-11,13,16,23H,12,14-15H2,1H3,(H,29,33)(H,30,34)(H,31,32). The van der Waals surface area contributed by atoms with Gasteiger partial charge in [0.05, 0.1) is 11.3 Å². The van der Waals surface area contributed by atoms with Gasteiger partial charge >= 0.3 is 12.1 Å². The lowest BCUT2D eigenvalue weighted by Crippen LogP contribution is -2.30. The highest BCUT2D eigenvalue weighted by Crippen LogP contribution is 2.44. The molecule has 3 aromatic rings. The monoisotopic (exact) mass is 536 g/mol. The first kappa shape index (κ1) is 24.5. The van der Waals surface area contributed by atoms with Gasteiger partial charge in [0.15, 0.2) is 0 Å². The van der Waals surface area contributed by atoms with Gasteiger partial charge in [0, 0.05) is 23.4 Å². The van der Waals surface area contributed by atoms with E-state index in [-0.39, 0.29) is 37.0 Å². The van der Waals surface area contributed by atoms with Crippen LogP contribution >= 0.6 is 15.9 Å². The number of nitrogens with one attached hydrogen (secondary N) is 2. The predicted molar refractivity (Wildman–Crippen MR) is 137 cm³/mol. The number of carbonyl (C=O) groups excluding carboxylic acids is 2. The number of anilines is 1. The van der Waals surface area contributed by atoms with Crippen molar-refractivity contribution in [3.63, 3.8) is 0 Å². The Kier molecular flexibility index (Phi) is 7.51. The molecule has 0 bridgehead atoms. The average molecular weight is 537 g/mol. The number of fused-ring (bicyclic) bond motifs is 3. The van der Waals surface area contributed by atoms with Crippen molar-refractivity contribution in [1.29, 1.82) is 0 Å². The molecule has 0 radical (unpaired) electrons. The Morgan fingerprint density at radius 1 is 1.00 bits per heavy atom. The number of hydrogen-bond acceptors (Lipinski definition) is 4. The van der Waals surface area contributed by atoms with E-state index in [0.29, 0.717) is 10.2 Å². The maximum absolute atomic E-state index is 12.7. The summed E-state index contributed by atoms with van der Waals surface area (Å²) in [5.41, 5.74) is 5.04. The Hall–Kier alpha value is -3.65. The lowest BCUT2D eigenvalue weighted by atomic mass is 9.98. The molecule has 1 aliphatic rings. The van der Waals surface area contributed by atoms with Crippen LogP contribution in [0.5, 0.6) is 0 Å². The molecule has 0 fully saturated rings. The molecule has 4 rings (SSSR count). The van der Waals surface area contributed by atoms with Gasteiger partial charge in [-0.15, -0.1) is 0 Å². The number of carboxylic acids is 1. The highest BCUT2D eigenvalue weighted by Gasteiger charge is 2.29. The van der Waals surface area contributed by atoms with Gasteiger partial charge in [-0.1, -0.05) is 71.4 Å². The molecule has 0 spiro atoms. The molecule has 0 aromatic heterocycles. The Bertz CT molecular complexity index is 1230. The first-order chi connectivity index (χ1) is 16.8. The van der Waals surface area contributed by atoms with E-state index in [9.17, 15) is 14.4 Å². The molecule has 0 heterocycles. The maximum atomic E-state index is 12.7. The van der Waals surface area contributed by atoms with Crippen molar-refractivity contribution in [1.82, 2.24) is 5.32 Å². The van der Waals surface area contributed by atoms with Gasteiger partial charge in [-0.2, -0.15) is 0 Å². The number of aliphatic carboxylic acids is 1. The van der Waals surface area contributed by atoms with Gasteiger partial charge in [0.2, 0.25) is 0 Å². The summed E-state index contributed by atoms with van der Waals surface area (Å²) < 4.78 is 6.28. The van der Waals surface area contributed by atoms with Gasteiger partial charge < -0.3 is 15.2 Å². The first-order valence-corrected chi connectivity index (χ1v) is 12.0. The molecular formula is C27H25BrN2O5. The number of carbonyl (C=O) groups is 3. The van der Waals surface area contributed by atoms with E-state index >= 15 is 0 Å². The molecule has 7 nitrogen and oxygen atoms in total. The molecule has 35 heavy (non-hydrogen) atoms. The Morgan fingerprint density at radius 3 is 2.26 bits per heavy atom. The third kappa shape index (κ3) is 5.71. The molecule has 1 atom stereocenters. The molecule has 1 aliphatic carbocycles. The zero-order chi connectivity index (χ0) is 24.9. The predicted octanol–water partition coefficient (Wildman–Crippen LogP) is 5.65. The summed E-state index contributed by atoms with van der Waals surface area (Å²) in [6.45, 7) is 2.10. The Labute approximate surface area is 211 Å². The zero-order valence-corrected chi connectivity index (χ0v) is 20.7. The Balaban J connectivity index is 1.43. The van der Waals surface area contributed by atoms with Gasteiger partial charge in [-0.05, 0) is 46.4 Å². The van der Waals surface area contributed by atoms with Crippen molar-refractivity contribution < 1.29 is 24.2 Å². The van der Waals surface area contributed by atoms with Crippen LogP contribution in [0.25, 0.3) is 11.1 Å². The second-order valence-electron chi connectivity index (χ2n) is 8.55. The summed E-state index contributed by atoms with van der Waals surface area (Å²) in [5, 5.41) is 14.3. The van der Waals surface area contributed by atoms with Crippen molar-refractivity contribution in [3.05, 3.63) is 87.9 Å². The summed E-state index contributed by atoms with van der Waals surface area (Å²) >= 11 is 3.36. The minimum atomic E-state index is -0.923. The van der Waals surface area contributed by atoms with Crippen molar-refractivity contribution in [3.8, 4) is 11.1 Å². The van der Waals surface area contributed by atoms with E-state index in [4.69, 9.17) is 9.84 Å². The quantitative estimate of drug-likeness (QED) is 0.345. The number of ether oxygens (including phenoxy) is 1. The third-order valence-corrected chi connectivity index (χ3v) is 6.43. The molecule has 3 N–H and O–H groups in total. The highest BCUT2D eigenvalue weighted by atomic mass is 79.9. The fourth-order valence-corrected chi connectivity index (χ4v) is 4.66. The van der Waals surface area contributed by atoms with Gasteiger partial charge in [0.25, 0.3) is 5.91 Å². The summed E-state index contributed by atoms with van der Waals surface area (Å²) in [7, 11) is 0. The molecular weight excluding hydrogens is 512 g/mol. The minimum Gasteiger partial charge on any atom is -0.481 e. The smallest absolute Gasteiger partial charge is 0.411 e. The summed E-state index contributed by atoms with van der Waals surface area (Å²) in [4.78, 5) is 36.3. The van der Waals surface area contributed by atoms with Gasteiger partial charge in [0.1, 0.15) is 6.61 Å². The van der Waals surface area contributed by atoms with E-state index in [1.165, 1.54) is 0 Å². The molecule has 0 saturated heterocycles. The van der Waals surface area contributed by atoms with Crippen LogP contribution in [0.1, 0.15) is 40.7 Å². The number of carboxylic acid groups (broad SMARTS) is 1. The Morgan fingerprint density at radius 2 is 1.63 bits per heavy atom. The van der Waals surface area contributed by atoms with Crippen molar-refractivity contribution in [2.24, 2.45) is 5.92 Å². The normalized spacial score (nSPS) is 12.9. The van der Waals surface area contributed by atoms with E-state index in [2.05, 4.69) is 38.7 Å². The number of benzene rings is 3. The molecule has 2 amide bonds. The van der Waals surface area contributed by atoms with Crippen LogP contribution in [0.4, 0.5) is 10.5 Å². The molecule has 0 saturated carbocycles. The average Bonchev–Trinajstić information content (AvgIpc) is 3.15. The van der Waals surface area contributed by atoms with Crippen molar-refractivity contribution in [2.45, 2.75) is 19.3 Å². The SMILES string of the molecule is CC(CNC(=O)c1ccc(Br)cc1NC(=O)OCC1c2ccccc2-c2ccccc21)CC(=O)O. The molecule has 3 aromatic carbocycles. The topological polar surface area (TPSA) is 105 Å². The lowest BCUT2D eigenvalue weighted by Gasteiger charge is -2.16. The van der Waals surface area contributed by atoms with Gasteiger partial charge in [-0.3, -0.25) is 14.9 Å². The molecule has 8 heteroatoms. The number of halogens is 1. The maximum Gasteiger partial charge on any atom is 0.411 e. The largest absolute Gasteiger partial charge is 0.481 e. The van der Waals surface area contributed by atoms with Crippen LogP contribution in [-0.4, -0.2) is 36.2 Å². The van der Waals surface area contributed by atoms with Crippen molar-refractivity contribution >= 4 is 39.6 Å². The lowest BCUT2D eigenvalue weighted by molar-refractivity contribution is -0.137. The van der Waals surface area contributed by atoms with Crippen LogP contribution < -0.4 is 10.6 Å². The molecule has 180 valence electrons. The van der Waals surface area contributed by atoms with E-state index in [1.807, 2.05) is 36.4 Å². The van der Waals surface area contributed by atoms with E-state index < -0.39 is 18.0 Å². The summed E-state index contributed by atoms with van der Waals surface area (Å²) in [6, 6.07) is 21.1. The first-order valence-electron chi connectivity index (χ1n) is 11.2. The number of amides is 2. The fourth-order valence-electron chi connectivity index (χ4n) is 4.29. The number of hydrogen-bond donors (Lipinski definition) is 3. The summed E-state index contributed by atoms with van der Waals surface area (Å²) in [6.07, 6.45) is -0.718. The van der Waals surface area contributed by atoms with Crippen LogP contribution in [0, 0.1) is 5.92 Å². The van der Waals surface area contributed by atoms with E-state index in [0.717, 1.165) is 22.3 Å².